The highest BCUT2D eigenvalue weighted by Gasteiger charge is 2.34. The molecule has 0 saturated carbocycles. The molecule has 0 amide bonds. The number of ether oxygens (including phenoxy) is 1. The molecule has 3 rings (SSSR count). The molecular weight excluding hydrogens is 238 g/mol. The Balaban J connectivity index is 2.27. The summed E-state index contributed by atoms with van der Waals surface area (Å²) in [6.07, 6.45) is 4.42. The van der Waals surface area contributed by atoms with Gasteiger partial charge in [-0.15, -0.1) is 0 Å². The Hall–Kier alpha value is -1.77. The zero-order valence-corrected chi connectivity index (χ0v) is 11.7. The number of esters is 1. The van der Waals surface area contributed by atoms with Crippen LogP contribution in [0, 0.1) is 0 Å². The fourth-order valence-corrected chi connectivity index (χ4v) is 3.12. The topological polar surface area (TPSA) is 31.2 Å². The minimum atomic E-state index is -0.610. The lowest BCUT2D eigenvalue weighted by molar-refractivity contribution is -0.146. The molecule has 0 radical (unpaired) electrons. The number of benzene rings is 1. The van der Waals surface area contributed by atoms with E-state index >= 15 is 0 Å². The summed E-state index contributed by atoms with van der Waals surface area (Å²) in [4.78, 5) is 12.0. The molecule has 100 valence electrons. The van der Waals surface area contributed by atoms with Gasteiger partial charge in [-0.25, -0.2) is 0 Å². The van der Waals surface area contributed by atoms with Crippen LogP contribution >= 0.6 is 0 Å². The van der Waals surface area contributed by atoms with Gasteiger partial charge in [0.05, 0.1) is 18.0 Å². The minimum Gasteiger partial charge on any atom is -0.468 e. The smallest absolute Gasteiger partial charge is 0.315 e. The quantitative estimate of drug-likeness (QED) is 0.774. The molecule has 0 aliphatic carbocycles. The molecule has 1 aromatic heterocycles. The Bertz CT molecular complexity index is 652. The molecule has 0 spiro atoms. The summed E-state index contributed by atoms with van der Waals surface area (Å²) in [6.45, 7) is 4.90. The molecule has 0 fully saturated rings. The van der Waals surface area contributed by atoms with Gasteiger partial charge in [-0.2, -0.15) is 0 Å². The number of para-hydroxylation sites is 1. The number of aromatic nitrogens is 1. The Kier molecular flexibility index (Phi) is 2.66. The van der Waals surface area contributed by atoms with Crippen LogP contribution in [0.15, 0.2) is 24.4 Å². The second kappa shape index (κ2) is 4.12. The third-order valence-corrected chi connectivity index (χ3v) is 4.20. The first-order valence-electron chi connectivity index (χ1n) is 6.75. The van der Waals surface area contributed by atoms with Gasteiger partial charge in [0.15, 0.2) is 0 Å². The fourth-order valence-electron chi connectivity index (χ4n) is 3.12. The molecule has 1 aliphatic rings. The van der Waals surface area contributed by atoms with Crippen LogP contribution in [0.3, 0.4) is 0 Å². The van der Waals surface area contributed by atoms with E-state index in [2.05, 4.69) is 29.0 Å². The maximum Gasteiger partial charge on any atom is 0.315 e. The van der Waals surface area contributed by atoms with Crippen molar-refractivity contribution in [2.45, 2.75) is 38.6 Å². The average Bonchev–Trinajstić information content (AvgIpc) is 2.80. The highest BCUT2D eigenvalue weighted by Crippen LogP contribution is 2.36. The van der Waals surface area contributed by atoms with Crippen molar-refractivity contribution in [2.24, 2.45) is 0 Å². The third kappa shape index (κ3) is 1.68. The first-order valence-corrected chi connectivity index (χ1v) is 6.75. The van der Waals surface area contributed by atoms with E-state index in [4.69, 9.17) is 4.74 Å². The molecule has 0 bridgehead atoms. The predicted molar refractivity (Wildman–Crippen MR) is 75.3 cm³/mol. The lowest BCUT2D eigenvalue weighted by Crippen LogP contribution is -2.30. The molecule has 3 nitrogen and oxygen atoms in total. The number of hydrogen-bond donors (Lipinski definition) is 0. The van der Waals surface area contributed by atoms with E-state index in [0.717, 1.165) is 18.5 Å². The van der Waals surface area contributed by atoms with Crippen LogP contribution in [0.25, 0.3) is 10.9 Å². The second-order valence-electron chi connectivity index (χ2n) is 5.77. The number of nitrogens with zero attached hydrogens (tertiary/aromatic N) is 1. The van der Waals surface area contributed by atoms with Gasteiger partial charge in [-0.3, -0.25) is 4.79 Å². The predicted octanol–water partition coefficient (Wildman–Crippen LogP) is 3.04. The van der Waals surface area contributed by atoms with Crippen LogP contribution in [0.2, 0.25) is 0 Å². The molecule has 0 atom stereocenters. The average molecular weight is 257 g/mol. The Morgan fingerprint density at radius 3 is 2.89 bits per heavy atom. The molecule has 3 heteroatoms. The highest BCUT2D eigenvalue weighted by molar-refractivity contribution is 5.94. The molecule has 1 aliphatic heterocycles. The van der Waals surface area contributed by atoms with E-state index < -0.39 is 5.41 Å². The van der Waals surface area contributed by atoms with Crippen molar-refractivity contribution in [3.05, 3.63) is 35.5 Å². The van der Waals surface area contributed by atoms with Crippen LogP contribution in [0.5, 0.6) is 0 Å². The Morgan fingerprint density at radius 1 is 1.37 bits per heavy atom. The van der Waals surface area contributed by atoms with Crippen LogP contribution < -0.4 is 0 Å². The van der Waals surface area contributed by atoms with Crippen molar-refractivity contribution in [3.63, 3.8) is 0 Å². The summed E-state index contributed by atoms with van der Waals surface area (Å²) in [6, 6.07) is 6.39. The molecule has 19 heavy (non-hydrogen) atoms. The number of hydrogen-bond acceptors (Lipinski definition) is 2. The molecular formula is C16H19NO2. The number of rotatable bonds is 2. The van der Waals surface area contributed by atoms with E-state index in [1.54, 1.807) is 0 Å². The van der Waals surface area contributed by atoms with E-state index in [1.807, 2.05) is 13.8 Å². The van der Waals surface area contributed by atoms with Gasteiger partial charge >= 0.3 is 5.97 Å². The van der Waals surface area contributed by atoms with Crippen molar-refractivity contribution in [2.75, 3.05) is 7.11 Å². The first kappa shape index (κ1) is 12.3. The molecule has 0 unspecified atom stereocenters. The van der Waals surface area contributed by atoms with E-state index in [1.165, 1.54) is 30.0 Å². The summed E-state index contributed by atoms with van der Waals surface area (Å²) >= 11 is 0. The van der Waals surface area contributed by atoms with Crippen LogP contribution in [-0.4, -0.2) is 17.6 Å². The zero-order valence-electron chi connectivity index (χ0n) is 11.7. The molecule has 2 aromatic rings. The summed E-state index contributed by atoms with van der Waals surface area (Å²) in [5, 5.41) is 1.19. The number of carbonyl (C=O) groups is 1. The van der Waals surface area contributed by atoms with Crippen molar-refractivity contribution in [1.29, 1.82) is 0 Å². The number of carbonyl (C=O) groups excluding carboxylic acids is 1. The monoisotopic (exact) mass is 257 g/mol. The lowest BCUT2D eigenvalue weighted by Gasteiger charge is -2.21. The van der Waals surface area contributed by atoms with Crippen LogP contribution in [0.4, 0.5) is 0 Å². The second-order valence-corrected chi connectivity index (χ2v) is 5.77. The van der Waals surface area contributed by atoms with Gasteiger partial charge in [-0.05, 0) is 37.8 Å². The zero-order chi connectivity index (χ0) is 13.6. The molecule has 2 heterocycles. The molecule has 1 aromatic carbocycles. The number of methoxy groups -OCH3 is 1. The van der Waals surface area contributed by atoms with E-state index in [9.17, 15) is 4.79 Å². The number of aryl methyl sites for hydroxylation is 2. The van der Waals surface area contributed by atoms with Crippen molar-refractivity contribution < 1.29 is 9.53 Å². The van der Waals surface area contributed by atoms with Gasteiger partial charge < -0.3 is 9.30 Å². The van der Waals surface area contributed by atoms with E-state index in [-0.39, 0.29) is 5.97 Å². The first-order chi connectivity index (χ1) is 9.05. The maximum absolute atomic E-state index is 12.0. The van der Waals surface area contributed by atoms with Gasteiger partial charge in [-0.1, -0.05) is 18.2 Å². The largest absolute Gasteiger partial charge is 0.468 e. The standard InChI is InChI=1S/C16H19NO2/c1-16(2,15(18)19-3)13-10-17-9-5-7-11-6-4-8-12(13)14(11)17/h4,6,8,10H,5,7,9H2,1-3H3. The van der Waals surface area contributed by atoms with Crippen molar-refractivity contribution in [3.8, 4) is 0 Å². The lowest BCUT2D eigenvalue weighted by atomic mass is 9.84. The SMILES string of the molecule is COC(=O)C(C)(C)c1cn2c3c(cccc13)CCC2. The van der Waals surface area contributed by atoms with Crippen molar-refractivity contribution in [1.82, 2.24) is 4.57 Å². The van der Waals surface area contributed by atoms with Gasteiger partial charge in [0.2, 0.25) is 0 Å². The molecule has 0 saturated heterocycles. The van der Waals surface area contributed by atoms with E-state index in [0.29, 0.717) is 0 Å². The summed E-state index contributed by atoms with van der Waals surface area (Å²) < 4.78 is 7.24. The van der Waals surface area contributed by atoms with Gasteiger partial charge in [0.25, 0.3) is 0 Å². The molecule has 0 N–H and O–H groups in total. The third-order valence-electron chi connectivity index (χ3n) is 4.20. The Morgan fingerprint density at radius 2 is 2.16 bits per heavy atom. The van der Waals surface area contributed by atoms with Crippen LogP contribution in [0.1, 0.15) is 31.4 Å². The highest BCUT2D eigenvalue weighted by atomic mass is 16.5. The maximum atomic E-state index is 12.0. The van der Waals surface area contributed by atoms with Gasteiger partial charge in [0, 0.05) is 18.1 Å². The minimum absolute atomic E-state index is 0.184. The van der Waals surface area contributed by atoms with Crippen molar-refractivity contribution >= 4 is 16.9 Å². The fraction of sp³-hybridized carbons (Fsp3) is 0.438. The summed E-state index contributed by atoms with van der Waals surface area (Å²) in [7, 11) is 1.45. The normalized spacial score (nSPS) is 14.7. The summed E-state index contributed by atoms with van der Waals surface area (Å²) in [5.74, 6) is -0.184. The van der Waals surface area contributed by atoms with Crippen LogP contribution in [-0.2, 0) is 27.9 Å². The van der Waals surface area contributed by atoms with Gasteiger partial charge in [0.1, 0.15) is 0 Å². The Labute approximate surface area is 113 Å². The summed E-state index contributed by atoms with van der Waals surface area (Å²) in [5.41, 5.74) is 3.13.